The molecule has 1 fully saturated rings. The van der Waals surface area contributed by atoms with Crippen LogP contribution in [-0.2, 0) is 6.54 Å². The Morgan fingerprint density at radius 2 is 2.33 bits per heavy atom. The maximum absolute atomic E-state index is 11.8. The second kappa shape index (κ2) is 8.34. The standard InChI is InChI=1S/C15H26N4OS/c1-3-13-6-4-5-8-19(13)9-7-16-15(20)17-10-14-12(2)18-11-21-14/h11,13H,3-10H2,1-2H3,(H2,16,17,20)/t13-/m0/s1. The lowest BCUT2D eigenvalue weighted by Gasteiger charge is -2.35. The van der Waals surface area contributed by atoms with Crippen molar-refractivity contribution >= 4 is 17.4 Å². The van der Waals surface area contributed by atoms with E-state index in [2.05, 4.69) is 27.4 Å². The molecular formula is C15H26N4OS. The van der Waals surface area contributed by atoms with Crippen molar-refractivity contribution in [3.05, 3.63) is 16.1 Å². The van der Waals surface area contributed by atoms with Gasteiger partial charge in [0, 0.05) is 24.0 Å². The number of rotatable bonds is 6. The molecule has 0 unspecified atom stereocenters. The van der Waals surface area contributed by atoms with Crippen molar-refractivity contribution in [3.63, 3.8) is 0 Å². The number of aromatic nitrogens is 1. The van der Waals surface area contributed by atoms with E-state index in [1.165, 1.54) is 32.2 Å². The van der Waals surface area contributed by atoms with E-state index >= 15 is 0 Å². The average molecular weight is 310 g/mol. The summed E-state index contributed by atoms with van der Waals surface area (Å²) in [7, 11) is 0. The highest BCUT2D eigenvalue weighted by Gasteiger charge is 2.20. The van der Waals surface area contributed by atoms with Gasteiger partial charge in [-0.2, -0.15) is 0 Å². The van der Waals surface area contributed by atoms with Crippen molar-refractivity contribution in [1.82, 2.24) is 20.5 Å². The van der Waals surface area contributed by atoms with E-state index < -0.39 is 0 Å². The fourth-order valence-electron chi connectivity index (χ4n) is 2.85. The first-order chi connectivity index (χ1) is 10.2. The Morgan fingerprint density at radius 3 is 3.05 bits per heavy atom. The highest BCUT2D eigenvalue weighted by atomic mass is 32.1. The van der Waals surface area contributed by atoms with Crippen molar-refractivity contribution in [3.8, 4) is 0 Å². The summed E-state index contributed by atoms with van der Waals surface area (Å²) in [6, 6.07) is 0.608. The fourth-order valence-corrected chi connectivity index (χ4v) is 3.57. The van der Waals surface area contributed by atoms with Gasteiger partial charge in [0.05, 0.1) is 17.7 Å². The Hall–Kier alpha value is -1.14. The molecule has 1 atom stereocenters. The van der Waals surface area contributed by atoms with Crippen molar-refractivity contribution in [2.75, 3.05) is 19.6 Å². The Bertz CT molecular complexity index is 449. The number of hydrogen-bond donors (Lipinski definition) is 2. The van der Waals surface area contributed by atoms with E-state index in [0.29, 0.717) is 19.1 Å². The SMILES string of the molecule is CC[C@H]1CCCCN1CCNC(=O)NCc1scnc1C. The van der Waals surface area contributed by atoms with Crippen molar-refractivity contribution in [2.45, 2.75) is 52.1 Å². The number of thiazole rings is 1. The molecule has 2 heterocycles. The molecule has 2 rings (SSSR count). The third kappa shape index (κ3) is 4.97. The normalized spacial score (nSPS) is 19.4. The number of aryl methyl sites for hydroxylation is 1. The molecule has 1 aromatic heterocycles. The number of nitrogens with one attached hydrogen (secondary N) is 2. The van der Waals surface area contributed by atoms with Crippen LogP contribution < -0.4 is 10.6 Å². The van der Waals surface area contributed by atoms with Gasteiger partial charge in [-0.1, -0.05) is 13.3 Å². The van der Waals surface area contributed by atoms with Crippen LogP contribution in [0, 0.1) is 6.92 Å². The van der Waals surface area contributed by atoms with Gasteiger partial charge >= 0.3 is 6.03 Å². The van der Waals surface area contributed by atoms with Crippen LogP contribution in [0.3, 0.4) is 0 Å². The number of urea groups is 1. The minimum absolute atomic E-state index is 0.0899. The lowest BCUT2D eigenvalue weighted by Crippen LogP contribution is -2.45. The first kappa shape index (κ1) is 16.2. The summed E-state index contributed by atoms with van der Waals surface area (Å²) in [6.45, 7) is 7.61. The van der Waals surface area contributed by atoms with E-state index in [9.17, 15) is 4.79 Å². The maximum atomic E-state index is 11.8. The number of piperidine rings is 1. The van der Waals surface area contributed by atoms with Crippen LogP contribution in [0.5, 0.6) is 0 Å². The van der Waals surface area contributed by atoms with Gasteiger partial charge in [-0.25, -0.2) is 9.78 Å². The summed E-state index contributed by atoms with van der Waals surface area (Å²) in [5, 5.41) is 5.84. The molecule has 0 saturated carbocycles. The molecule has 2 N–H and O–H groups in total. The molecular weight excluding hydrogens is 284 g/mol. The average Bonchev–Trinajstić information content (AvgIpc) is 2.91. The highest BCUT2D eigenvalue weighted by molar-refractivity contribution is 7.09. The van der Waals surface area contributed by atoms with Gasteiger partial charge in [0.1, 0.15) is 0 Å². The van der Waals surface area contributed by atoms with Gasteiger partial charge in [-0.15, -0.1) is 11.3 Å². The van der Waals surface area contributed by atoms with Crippen LogP contribution in [0.25, 0.3) is 0 Å². The number of carbonyl (C=O) groups excluding carboxylic acids is 1. The number of hydrogen-bond acceptors (Lipinski definition) is 4. The number of nitrogens with zero attached hydrogens (tertiary/aromatic N) is 2. The minimum Gasteiger partial charge on any atom is -0.337 e. The second-order valence-corrected chi connectivity index (χ2v) is 6.50. The smallest absolute Gasteiger partial charge is 0.315 e. The lowest BCUT2D eigenvalue weighted by atomic mass is 10.0. The first-order valence-electron chi connectivity index (χ1n) is 7.85. The van der Waals surface area contributed by atoms with Gasteiger partial charge in [0.25, 0.3) is 0 Å². The van der Waals surface area contributed by atoms with Gasteiger partial charge in [0.2, 0.25) is 0 Å². The van der Waals surface area contributed by atoms with Gasteiger partial charge in [-0.3, -0.25) is 4.90 Å². The van der Waals surface area contributed by atoms with Gasteiger partial charge in [-0.05, 0) is 32.7 Å². The van der Waals surface area contributed by atoms with E-state index in [1.807, 2.05) is 12.4 Å². The monoisotopic (exact) mass is 310 g/mol. The summed E-state index contributed by atoms with van der Waals surface area (Å²) in [4.78, 5) is 19.6. The molecule has 1 aromatic rings. The molecule has 0 aliphatic carbocycles. The molecule has 0 aromatic carbocycles. The van der Waals surface area contributed by atoms with Crippen LogP contribution in [0.15, 0.2) is 5.51 Å². The van der Waals surface area contributed by atoms with Crippen LogP contribution in [0.2, 0.25) is 0 Å². The predicted octanol–water partition coefficient (Wildman–Crippen LogP) is 2.52. The van der Waals surface area contributed by atoms with Crippen molar-refractivity contribution in [1.29, 1.82) is 0 Å². The van der Waals surface area contributed by atoms with Crippen LogP contribution >= 0.6 is 11.3 Å². The fraction of sp³-hybridized carbons (Fsp3) is 0.733. The minimum atomic E-state index is -0.0899. The van der Waals surface area contributed by atoms with Gasteiger partial charge < -0.3 is 10.6 Å². The summed E-state index contributed by atoms with van der Waals surface area (Å²) < 4.78 is 0. The lowest BCUT2D eigenvalue weighted by molar-refractivity contribution is 0.145. The van der Waals surface area contributed by atoms with E-state index in [4.69, 9.17) is 0 Å². The first-order valence-corrected chi connectivity index (χ1v) is 8.73. The Balaban J connectivity index is 1.63. The van der Waals surface area contributed by atoms with Crippen LogP contribution in [0.1, 0.15) is 43.2 Å². The van der Waals surface area contributed by atoms with Gasteiger partial charge in [0.15, 0.2) is 0 Å². The zero-order valence-electron chi connectivity index (χ0n) is 13.0. The second-order valence-electron chi connectivity index (χ2n) is 5.56. The molecule has 2 amide bonds. The summed E-state index contributed by atoms with van der Waals surface area (Å²) in [5.41, 5.74) is 2.81. The molecule has 1 aliphatic heterocycles. The predicted molar refractivity (Wildman–Crippen MR) is 86.6 cm³/mol. The van der Waals surface area contributed by atoms with Crippen molar-refractivity contribution < 1.29 is 4.79 Å². The third-order valence-corrected chi connectivity index (χ3v) is 5.09. The molecule has 118 valence electrons. The largest absolute Gasteiger partial charge is 0.337 e. The van der Waals surface area contributed by atoms with E-state index in [1.54, 1.807) is 11.3 Å². The zero-order valence-corrected chi connectivity index (χ0v) is 13.8. The van der Waals surface area contributed by atoms with E-state index in [-0.39, 0.29) is 6.03 Å². The number of carbonyl (C=O) groups is 1. The van der Waals surface area contributed by atoms with Crippen LogP contribution in [-0.4, -0.2) is 41.6 Å². The molecule has 0 radical (unpaired) electrons. The maximum Gasteiger partial charge on any atom is 0.315 e. The summed E-state index contributed by atoms with van der Waals surface area (Å²) in [5.74, 6) is 0. The summed E-state index contributed by atoms with van der Waals surface area (Å²) in [6.07, 6.45) is 5.13. The molecule has 0 bridgehead atoms. The molecule has 21 heavy (non-hydrogen) atoms. The van der Waals surface area contributed by atoms with Crippen molar-refractivity contribution in [2.24, 2.45) is 0 Å². The summed E-state index contributed by atoms with van der Waals surface area (Å²) >= 11 is 1.58. The number of likely N-dealkylation sites (tertiary alicyclic amines) is 1. The highest BCUT2D eigenvalue weighted by Crippen LogP contribution is 2.18. The Labute approximate surface area is 131 Å². The van der Waals surface area contributed by atoms with Crippen LogP contribution in [0.4, 0.5) is 4.79 Å². The zero-order chi connectivity index (χ0) is 15.1. The third-order valence-electron chi connectivity index (χ3n) is 4.16. The topological polar surface area (TPSA) is 57.3 Å². The molecule has 1 aliphatic rings. The quantitative estimate of drug-likeness (QED) is 0.849. The molecule has 6 heteroatoms. The molecule has 5 nitrogen and oxygen atoms in total. The Kier molecular flexibility index (Phi) is 6.45. The van der Waals surface area contributed by atoms with E-state index in [0.717, 1.165) is 17.1 Å². The molecule has 1 saturated heterocycles. The molecule has 0 spiro atoms. The Morgan fingerprint density at radius 1 is 1.48 bits per heavy atom. The number of amides is 2.